The summed E-state index contributed by atoms with van der Waals surface area (Å²) in [6.45, 7) is 6.87. The van der Waals surface area contributed by atoms with Crippen molar-refractivity contribution in [1.29, 1.82) is 0 Å². The summed E-state index contributed by atoms with van der Waals surface area (Å²) < 4.78 is 1.54. The van der Waals surface area contributed by atoms with E-state index in [2.05, 4.69) is 21.9 Å². The predicted molar refractivity (Wildman–Crippen MR) is 116 cm³/mol. The molecule has 0 atom stereocenters. The lowest BCUT2D eigenvalue weighted by Gasteiger charge is -2.37. The van der Waals surface area contributed by atoms with Crippen LogP contribution < -0.4 is 5.56 Å². The molecule has 7 heteroatoms. The minimum absolute atomic E-state index is 0.0897. The quantitative estimate of drug-likeness (QED) is 0.758. The van der Waals surface area contributed by atoms with Crippen molar-refractivity contribution in [2.75, 3.05) is 32.7 Å². The number of pyridine rings is 1. The molecule has 2 aromatic heterocycles. The standard InChI is InChI=1S/C23H31N5O2/c1-18-2-4-20(5-3-18)23(30)27-15-12-26(13-16-27)14-17-28-22(29)7-6-21(25-28)19-8-10-24-11-9-19/h6-11,18,20H,2-5,12-17H2,1H3. The molecule has 1 saturated carbocycles. The third-order valence-electron chi connectivity index (χ3n) is 6.52. The van der Waals surface area contributed by atoms with Gasteiger partial charge in [-0.25, -0.2) is 4.68 Å². The van der Waals surface area contributed by atoms with Crippen LogP contribution in [-0.2, 0) is 11.3 Å². The van der Waals surface area contributed by atoms with Crippen LogP contribution in [0.1, 0.15) is 32.6 Å². The average Bonchev–Trinajstić information content (AvgIpc) is 2.79. The van der Waals surface area contributed by atoms with Gasteiger partial charge in [0, 0.05) is 62.7 Å². The number of hydrogen-bond donors (Lipinski definition) is 0. The number of aromatic nitrogens is 3. The molecule has 0 spiro atoms. The van der Waals surface area contributed by atoms with E-state index in [4.69, 9.17) is 0 Å². The fraction of sp³-hybridized carbons (Fsp3) is 0.565. The molecule has 0 radical (unpaired) electrons. The lowest BCUT2D eigenvalue weighted by atomic mass is 9.82. The zero-order valence-corrected chi connectivity index (χ0v) is 17.7. The summed E-state index contributed by atoms with van der Waals surface area (Å²) in [5, 5.41) is 4.52. The van der Waals surface area contributed by atoms with Gasteiger partial charge in [-0.1, -0.05) is 6.92 Å². The Morgan fingerprint density at radius 1 is 0.967 bits per heavy atom. The summed E-state index contributed by atoms with van der Waals surface area (Å²) in [5.41, 5.74) is 1.63. The molecule has 3 heterocycles. The summed E-state index contributed by atoms with van der Waals surface area (Å²) in [7, 11) is 0. The molecule has 2 fully saturated rings. The van der Waals surface area contributed by atoms with E-state index in [1.54, 1.807) is 24.5 Å². The number of piperazine rings is 1. The van der Waals surface area contributed by atoms with Crippen molar-refractivity contribution in [3.05, 3.63) is 47.0 Å². The smallest absolute Gasteiger partial charge is 0.266 e. The van der Waals surface area contributed by atoms with Crippen molar-refractivity contribution in [2.45, 2.75) is 39.2 Å². The number of carbonyl (C=O) groups is 1. The van der Waals surface area contributed by atoms with Crippen LogP contribution in [-0.4, -0.2) is 63.2 Å². The minimum Gasteiger partial charge on any atom is -0.340 e. The van der Waals surface area contributed by atoms with E-state index in [1.165, 1.54) is 17.5 Å². The lowest BCUT2D eigenvalue weighted by Crippen LogP contribution is -2.51. The molecule has 4 rings (SSSR count). The van der Waals surface area contributed by atoms with Crippen LogP contribution in [0.15, 0.2) is 41.5 Å². The molecule has 1 saturated heterocycles. The molecular weight excluding hydrogens is 378 g/mol. The Morgan fingerprint density at radius 2 is 1.67 bits per heavy atom. The van der Waals surface area contributed by atoms with Gasteiger partial charge < -0.3 is 4.90 Å². The second-order valence-electron chi connectivity index (χ2n) is 8.64. The van der Waals surface area contributed by atoms with Crippen LogP contribution in [0.4, 0.5) is 0 Å². The molecule has 1 aliphatic carbocycles. The highest BCUT2D eigenvalue weighted by Crippen LogP contribution is 2.29. The van der Waals surface area contributed by atoms with Gasteiger partial charge in [-0.3, -0.25) is 19.5 Å². The molecule has 160 valence electrons. The van der Waals surface area contributed by atoms with E-state index in [1.807, 2.05) is 17.0 Å². The molecule has 2 aromatic rings. The van der Waals surface area contributed by atoms with Gasteiger partial charge in [0.15, 0.2) is 0 Å². The SMILES string of the molecule is CC1CCC(C(=O)N2CCN(CCn3nc(-c4ccncc4)ccc3=O)CC2)CC1. The number of carbonyl (C=O) groups excluding carboxylic acids is 1. The third kappa shape index (κ3) is 4.95. The zero-order chi connectivity index (χ0) is 20.9. The molecular formula is C23H31N5O2. The number of hydrogen-bond acceptors (Lipinski definition) is 5. The Labute approximate surface area is 177 Å². The monoisotopic (exact) mass is 409 g/mol. The maximum atomic E-state index is 12.8. The van der Waals surface area contributed by atoms with E-state index in [0.717, 1.165) is 62.7 Å². The fourth-order valence-corrected chi connectivity index (χ4v) is 4.48. The highest BCUT2D eigenvalue weighted by molar-refractivity contribution is 5.79. The summed E-state index contributed by atoms with van der Waals surface area (Å²) in [6.07, 6.45) is 7.89. The topological polar surface area (TPSA) is 71.3 Å². The Bertz CT molecular complexity index is 897. The summed E-state index contributed by atoms with van der Waals surface area (Å²) >= 11 is 0. The first kappa shape index (κ1) is 20.7. The first-order valence-corrected chi connectivity index (χ1v) is 11.1. The van der Waals surface area contributed by atoms with E-state index in [9.17, 15) is 9.59 Å². The largest absolute Gasteiger partial charge is 0.340 e. The van der Waals surface area contributed by atoms with Crippen molar-refractivity contribution in [1.82, 2.24) is 24.6 Å². The maximum Gasteiger partial charge on any atom is 0.266 e. The fourth-order valence-electron chi connectivity index (χ4n) is 4.48. The van der Waals surface area contributed by atoms with Gasteiger partial charge in [0.05, 0.1) is 12.2 Å². The highest BCUT2D eigenvalue weighted by atomic mass is 16.2. The van der Waals surface area contributed by atoms with Crippen molar-refractivity contribution < 1.29 is 4.79 Å². The molecule has 2 aliphatic rings. The highest BCUT2D eigenvalue weighted by Gasteiger charge is 2.29. The molecule has 0 unspecified atom stereocenters. The van der Waals surface area contributed by atoms with E-state index in [0.29, 0.717) is 12.5 Å². The molecule has 30 heavy (non-hydrogen) atoms. The van der Waals surface area contributed by atoms with Crippen molar-refractivity contribution in [3.8, 4) is 11.3 Å². The van der Waals surface area contributed by atoms with E-state index in [-0.39, 0.29) is 11.5 Å². The van der Waals surface area contributed by atoms with Crippen LogP contribution in [0.5, 0.6) is 0 Å². The second-order valence-corrected chi connectivity index (χ2v) is 8.64. The molecule has 1 amide bonds. The average molecular weight is 410 g/mol. The first-order valence-electron chi connectivity index (χ1n) is 11.1. The van der Waals surface area contributed by atoms with Crippen LogP contribution in [0.3, 0.4) is 0 Å². The van der Waals surface area contributed by atoms with Crippen LogP contribution in [0, 0.1) is 11.8 Å². The van der Waals surface area contributed by atoms with Gasteiger partial charge in [-0.05, 0) is 49.8 Å². The van der Waals surface area contributed by atoms with Gasteiger partial charge in [0.1, 0.15) is 0 Å². The van der Waals surface area contributed by atoms with Gasteiger partial charge in [-0.2, -0.15) is 5.10 Å². The number of amides is 1. The Morgan fingerprint density at radius 3 is 2.37 bits per heavy atom. The lowest BCUT2D eigenvalue weighted by molar-refractivity contribution is -0.138. The Kier molecular flexibility index (Phi) is 6.57. The van der Waals surface area contributed by atoms with Crippen molar-refractivity contribution in [3.63, 3.8) is 0 Å². The normalized spacial score (nSPS) is 22.8. The van der Waals surface area contributed by atoms with Crippen LogP contribution in [0.25, 0.3) is 11.3 Å². The van der Waals surface area contributed by atoms with Gasteiger partial charge in [0.2, 0.25) is 5.91 Å². The van der Waals surface area contributed by atoms with Gasteiger partial charge in [0.25, 0.3) is 5.56 Å². The van der Waals surface area contributed by atoms with E-state index >= 15 is 0 Å². The van der Waals surface area contributed by atoms with Crippen molar-refractivity contribution in [2.24, 2.45) is 11.8 Å². The Balaban J connectivity index is 1.29. The summed E-state index contributed by atoms with van der Waals surface area (Å²) in [5.74, 6) is 1.34. The van der Waals surface area contributed by atoms with Gasteiger partial charge >= 0.3 is 0 Å². The van der Waals surface area contributed by atoms with E-state index < -0.39 is 0 Å². The second kappa shape index (κ2) is 9.51. The zero-order valence-electron chi connectivity index (χ0n) is 17.7. The molecule has 0 N–H and O–H groups in total. The molecule has 0 bridgehead atoms. The molecule has 0 aromatic carbocycles. The maximum absolute atomic E-state index is 12.8. The van der Waals surface area contributed by atoms with Gasteiger partial charge in [-0.15, -0.1) is 0 Å². The first-order chi connectivity index (χ1) is 14.6. The van der Waals surface area contributed by atoms with Crippen molar-refractivity contribution >= 4 is 5.91 Å². The number of rotatable bonds is 5. The van der Waals surface area contributed by atoms with Crippen LogP contribution >= 0.6 is 0 Å². The minimum atomic E-state index is -0.0897. The summed E-state index contributed by atoms with van der Waals surface area (Å²) in [4.78, 5) is 33.4. The molecule has 1 aliphatic heterocycles. The molecule has 7 nitrogen and oxygen atoms in total. The Hall–Kier alpha value is -2.54. The predicted octanol–water partition coefficient (Wildman–Crippen LogP) is 2.28. The third-order valence-corrected chi connectivity index (χ3v) is 6.52. The van der Waals surface area contributed by atoms with Crippen LogP contribution in [0.2, 0.25) is 0 Å². The number of nitrogens with zero attached hydrogens (tertiary/aromatic N) is 5. The summed E-state index contributed by atoms with van der Waals surface area (Å²) in [6, 6.07) is 7.11.